The van der Waals surface area contributed by atoms with Crippen molar-refractivity contribution in [2.45, 2.75) is 38.2 Å². The number of halogens is 1. The van der Waals surface area contributed by atoms with Gasteiger partial charge in [-0.25, -0.2) is 0 Å². The number of ether oxygens (including phenoxy) is 1. The van der Waals surface area contributed by atoms with Gasteiger partial charge < -0.3 is 9.84 Å². The first-order valence-electron chi connectivity index (χ1n) is 9.94. The molecular formula is C23H30ClNO2. The fourth-order valence-electron chi connectivity index (χ4n) is 3.95. The van der Waals surface area contributed by atoms with E-state index in [0.717, 1.165) is 55.4 Å². The lowest BCUT2D eigenvalue weighted by molar-refractivity contribution is -0.0250. The molecule has 1 fully saturated rings. The number of hydrogen-bond donors (Lipinski definition) is 1. The maximum absolute atomic E-state index is 11.9. The SMILES string of the molecule is CCc1ccc(C(O)(CC)C(CN2CCOCC2)c2ccc(Cl)cc2)cc1. The minimum absolute atomic E-state index is 0.0367. The standard InChI is InChI=1S/C23H30ClNO2/c1-3-18-5-9-20(10-6-18)23(26,4-2)22(17-25-13-15-27-16-14-25)19-7-11-21(24)12-8-19/h5-12,22,26H,3-4,13-17H2,1-2H3. The topological polar surface area (TPSA) is 32.7 Å². The Kier molecular flexibility index (Phi) is 6.93. The van der Waals surface area contributed by atoms with E-state index in [9.17, 15) is 5.11 Å². The molecule has 0 saturated carbocycles. The molecule has 0 bridgehead atoms. The second kappa shape index (κ2) is 9.20. The predicted octanol–water partition coefficient (Wildman–Crippen LogP) is 4.62. The molecule has 1 aliphatic heterocycles. The number of aryl methyl sites for hydroxylation is 1. The summed E-state index contributed by atoms with van der Waals surface area (Å²) in [4.78, 5) is 2.39. The van der Waals surface area contributed by atoms with Crippen molar-refractivity contribution < 1.29 is 9.84 Å². The second-order valence-corrected chi connectivity index (χ2v) is 7.78. The molecule has 0 radical (unpaired) electrons. The quantitative estimate of drug-likeness (QED) is 0.752. The van der Waals surface area contributed by atoms with Gasteiger partial charge in [0.25, 0.3) is 0 Å². The van der Waals surface area contributed by atoms with Crippen LogP contribution >= 0.6 is 11.6 Å². The van der Waals surface area contributed by atoms with Crippen molar-refractivity contribution in [2.75, 3.05) is 32.8 Å². The highest BCUT2D eigenvalue weighted by atomic mass is 35.5. The molecule has 2 unspecified atom stereocenters. The molecule has 27 heavy (non-hydrogen) atoms. The van der Waals surface area contributed by atoms with Gasteiger partial charge in [0.2, 0.25) is 0 Å². The third-order valence-electron chi connectivity index (χ3n) is 5.79. The Bertz CT molecular complexity index is 710. The fraction of sp³-hybridized carbons (Fsp3) is 0.478. The molecule has 1 heterocycles. The van der Waals surface area contributed by atoms with E-state index < -0.39 is 5.60 Å². The summed E-state index contributed by atoms with van der Waals surface area (Å²) in [6.07, 6.45) is 1.65. The number of benzene rings is 2. The van der Waals surface area contributed by atoms with E-state index in [-0.39, 0.29) is 5.92 Å². The van der Waals surface area contributed by atoms with E-state index in [1.807, 2.05) is 12.1 Å². The molecule has 3 rings (SSSR count). The van der Waals surface area contributed by atoms with E-state index in [1.54, 1.807) is 0 Å². The van der Waals surface area contributed by atoms with Crippen LogP contribution in [0.2, 0.25) is 5.02 Å². The molecule has 2 atom stereocenters. The molecule has 146 valence electrons. The number of rotatable bonds is 7. The molecule has 1 N–H and O–H groups in total. The average molecular weight is 388 g/mol. The lowest BCUT2D eigenvalue weighted by Gasteiger charge is -2.40. The van der Waals surface area contributed by atoms with Crippen molar-refractivity contribution in [3.8, 4) is 0 Å². The van der Waals surface area contributed by atoms with Gasteiger partial charge >= 0.3 is 0 Å². The Morgan fingerprint density at radius 3 is 2.22 bits per heavy atom. The van der Waals surface area contributed by atoms with Crippen molar-refractivity contribution >= 4 is 11.6 Å². The molecule has 1 aliphatic rings. The lowest BCUT2D eigenvalue weighted by atomic mass is 9.75. The number of nitrogens with zero attached hydrogens (tertiary/aromatic N) is 1. The van der Waals surface area contributed by atoms with E-state index in [1.165, 1.54) is 5.56 Å². The van der Waals surface area contributed by atoms with Crippen molar-refractivity contribution in [1.29, 1.82) is 0 Å². The molecule has 0 aliphatic carbocycles. The van der Waals surface area contributed by atoms with Gasteiger partial charge in [0, 0.05) is 30.6 Å². The largest absolute Gasteiger partial charge is 0.384 e. The van der Waals surface area contributed by atoms with Crippen molar-refractivity contribution in [1.82, 2.24) is 4.90 Å². The normalized spacial score (nSPS) is 18.8. The Hall–Kier alpha value is -1.39. The van der Waals surface area contributed by atoms with Crippen LogP contribution in [0.1, 0.15) is 42.9 Å². The van der Waals surface area contributed by atoms with Crippen molar-refractivity contribution in [2.24, 2.45) is 0 Å². The van der Waals surface area contributed by atoms with Gasteiger partial charge in [-0.3, -0.25) is 4.90 Å². The van der Waals surface area contributed by atoms with Gasteiger partial charge in [-0.15, -0.1) is 0 Å². The molecular weight excluding hydrogens is 358 g/mol. The minimum atomic E-state index is -0.932. The molecule has 4 heteroatoms. The monoisotopic (exact) mass is 387 g/mol. The highest BCUT2D eigenvalue weighted by Crippen LogP contribution is 2.41. The number of aliphatic hydroxyl groups is 1. The number of hydrogen-bond acceptors (Lipinski definition) is 3. The fourth-order valence-corrected chi connectivity index (χ4v) is 4.08. The van der Waals surface area contributed by atoms with Crippen LogP contribution in [0, 0.1) is 0 Å². The van der Waals surface area contributed by atoms with Crippen LogP contribution in [0.4, 0.5) is 0 Å². The lowest BCUT2D eigenvalue weighted by Crippen LogP contribution is -2.44. The molecule has 3 nitrogen and oxygen atoms in total. The highest BCUT2D eigenvalue weighted by molar-refractivity contribution is 6.30. The molecule has 0 aromatic heterocycles. The Morgan fingerprint density at radius 2 is 1.67 bits per heavy atom. The summed E-state index contributed by atoms with van der Waals surface area (Å²) >= 11 is 6.12. The zero-order valence-corrected chi connectivity index (χ0v) is 17.1. The molecule has 0 amide bonds. The first-order valence-corrected chi connectivity index (χ1v) is 10.3. The van der Waals surface area contributed by atoms with Crippen molar-refractivity contribution in [3.63, 3.8) is 0 Å². The van der Waals surface area contributed by atoms with Gasteiger partial charge in [-0.2, -0.15) is 0 Å². The average Bonchev–Trinajstić information content (AvgIpc) is 2.73. The minimum Gasteiger partial charge on any atom is -0.384 e. The smallest absolute Gasteiger partial charge is 0.0974 e. The summed E-state index contributed by atoms with van der Waals surface area (Å²) < 4.78 is 5.50. The zero-order valence-electron chi connectivity index (χ0n) is 16.3. The predicted molar refractivity (Wildman–Crippen MR) is 111 cm³/mol. The van der Waals surface area contributed by atoms with E-state index in [4.69, 9.17) is 16.3 Å². The van der Waals surface area contributed by atoms with Crippen LogP contribution in [-0.4, -0.2) is 42.9 Å². The Balaban J connectivity index is 1.97. The van der Waals surface area contributed by atoms with E-state index in [0.29, 0.717) is 6.42 Å². The van der Waals surface area contributed by atoms with Gasteiger partial charge in [0.1, 0.15) is 0 Å². The third-order valence-corrected chi connectivity index (χ3v) is 6.05. The zero-order chi connectivity index (χ0) is 19.3. The van der Waals surface area contributed by atoms with Gasteiger partial charge in [-0.1, -0.05) is 61.8 Å². The summed E-state index contributed by atoms with van der Waals surface area (Å²) in [6, 6.07) is 16.4. The second-order valence-electron chi connectivity index (χ2n) is 7.35. The maximum atomic E-state index is 11.9. The summed E-state index contributed by atoms with van der Waals surface area (Å²) in [6.45, 7) is 8.32. The first-order chi connectivity index (χ1) is 13.1. The number of morpholine rings is 1. The van der Waals surface area contributed by atoms with Gasteiger partial charge in [0.05, 0.1) is 18.8 Å². The highest BCUT2D eigenvalue weighted by Gasteiger charge is 2.39. The maximum Gasteiger partial charge on any atom is 0.0974 e. The van der Waals surface area contributed by atoms with Gasteiger partial charge in [0.15, 0.2) is 0 Å². The van der Waals surface area contributed by atoms with Gasteiger partial charge in [-0.05, 0) is 41.7 Å². The van der Waals surface area contributed by atoms with Crippen LogP contribution in [-0.2, 0) is 16.8 Å². The Morgan fingerprint density at radius 1 is 1.04 bits per heavy atom. The summed E-state index contributed by atoms with van der Waals surface area (Å²) in [7, 11) is 0. The van der Waals surface area contributed by atoms with Crippen LogP contribution in [0.15, 0.2) is 48.5 Å². The summed E-state index contributed by atoms with van der Waals surface area (Å²) in [5.41, 5.74) is 2.46. The first kappa shape index (κ1) is 20.3. The van der Waals surface area contributed by atoms with Crippen LogP contribution in [0.3, 0.4) is 0 Å². The molecule has 2 aromatic rings. The van der Waals surface area contributed by atoms with Crippen molar-refractivity contribution in [3.05, 3.63) is 70.2 Å². The third kappa shape index (κ3) is 4.72. The van der Waals surface area contributed by atoms with Crippen LogP contribution in [0.5, 0.6) is 0 Å². The molecule has 1 saturated heterocycles. The van der Waals surface area contributed by atoms with Crippen LogP contribution < -0.4 is 0 Å². The molecule has 0 spiro atoms. The Labute approximate surface area is 167 Å². The van der Waals surface area contributed by atoms with Crippen LogP contribution in [0.25, 0.3) is 0 Å². The van der Waals surface area contributed by atoms with E-state index >= 15 is 0 Å². The molecule has 2 aromatic carbocycles. The summed E-state index contributed by atoms with van der Waals surface area (Å²) in [5, 5.41) is 12.6. The van der Waals surface area contributed by atoms with E-state index in [2.05, 4.69) is 55.1 Å². The summed E-state index contributed by atoms with van der Waals surface area (Å²) in [5.74, 6) is -0.0367.